The summed E-state index contributed by atoms with van der Waals surface area (Å²) in [7, 11) is 0. The molecule has 0 aromatic carbocycles. The highest BCUT2D eigenvalue weighted by molar-refractivity contribution is 5.17. The number of hydrogen-bond acceptors (Lipinski definition) is 1. The monoisotopic (exact) mass is 196 g/mol. The lowest BCUT2D eigenvalue weighted by Gasteiger charge is -2.29. The van der Waals surface area contributed by atoms with Crippen LogP contribution in [-0.2, 0) is 0 Å². The summed E-state index contributed by atoms with van der Waals surface area (Å²) in [6, 6.07) is 0. The average Bonchev–Trinajstić information content (AvgIpc) is 2.80. The summed E-state index contributed by atoms with van der Waals surface area (Å²) in [5, 5.41) is 10.3. The van der Waals surface area contributed by atoms with E-state index in [0.29, 0.717) is 5.41 Å². The van der Waals surface area contributed by atoms with Crippen molar-refractivity contribution in [1.29, 1.82) is 0 Å². The second kappa shape index (κ2) is 3.52. The van der Waals surface area contributed by atoms with Gasteiger partial charge in [-0.25, -0.2) is 0 Å². The molecular weight excluding hydrogens is 172 g/mol. The molecule has 1 N–H and O–H groups in total. The number of fused-ring (bicyclic) bond motifs is 1. The van der Waals surface area contributed by atoms with Gasteiger partial charge in [-0.3, -0.25) is 0 Å². The minimum Gasteiger partial charge on any atom is -0.390 e. The van der Waals surface area contributed by atoms with Crippen molar-refractivity contribution in [2.45, 2.75) is 70.8 Å². The molecule has 0 aromatic rings. The number of unbranched alkanes of at least 4 members (excludes halogenated alkanes) is 3. The van der Waals surface area contributed by atoms with Gasteiger partial charge in [-0.05, 0) is 38.5 Å². The van der Waals surface area contributed by atoms with Crippen LogP contribution in [0, 0.1) is 11.3 Å². The molecule has 0 amide bonds. The normalized spacial score (nSPS) is 45.2. The van der Waals surface area contributed by atoms with Crippen molar-refractivity contribution >= 4 is 0 Å². The first-order valence-corrected chi connectivity index (χ1v) is 6.35. The molecule has 0 spiro atoms. The van der Waals surface area contributed by atoms with Crippen LogP contribution in [0.2, 0.25) is 0 Å². The summed E-state index contributed by atoms with van der Waals surface area (Å²) in [5.41, 5.74) is 0.0324. The number of hydrogen-bond donors (Lipinski definition) is 1. The molecule has 0 heterocycles. The third kappa shape index (κ3) is 1.50. The Morgan fingerprint density at radius 2 is 2.07 bits per heavy atom. The van der Waals surface area contributed by atoms with Crippen LogP contribution >= 0.6 is 0 Å². The standard InChI is InChI=1S/C13H24O/c1-3-4-5-6-8-13-10-11(13)7-9-12(13,2)14/h11,14H,3-10H2,1-2H3/t11-,12?,13+/m0/s1. The summed E-state index contributed by atoms with van der Waals surface area (Å²) in [6.45, 7) is 4.32. The van der Waals surface area contributed by atoms with Gasteiger partial charge >= 0.3 is 0 Å². The zero-order valence-electron chi connectivity index (χ0n) is 9.68. The number of aliphatic hydroxyl groups is 1. The first-order chi connectivity index (χ1) is 6.62. The molecular formula is C13H24O. The molecule has 2 fully saturated rings. The molecule has 0 bridgehead atoms. The topological polar surface area (TPSA) is 20.2 Å². The van der Waals surface area contributed by atoms with Gasteiger partial charge < -0.3 is 5.11 Å². The summed E-state index contributed by atoms with van der Waals surface area (Å²) in [6.07, 6.45) is 10.3. The van der Waals surface area contributed by atoms with E-state index in [2.05, 4.69) is 13.8 Å². The van der Waals surface area contributed by atoms with E-state index < -0.39 is 0 Å². The maximum atomic E-state index is 10.3. The van der Waals surface area contributed by atoms with Gasteiger partial charge in [0, 0.05) is 5.41 Å². The van der Waals surface area contributed by atoms with Gasteiger partial charge in [-0.15, -0.1) is 0 Å². The van der Waals surface area contributed by atoms with Crippen LogP contribution in [0.4, 0.5) is 0 Å². The zero-order chi connectivity index (χ0) is 10.2. The number of rotatable bonds is 5. The largest absolute Gasteiger partial charge is 0.390 e. The second-order valence-corrected chi connectivity index (χ2v) is 5.68. The van der Waals surface area contributed by atoms with E-state index in [-0.39, 0.29) is 5.60 Å². The first kappa shape index (κ1) is 10.5. The maximum Gasteiger partial charge on any atom is 0.0678 e. The van der Waals surface area contributed by atoms with Gasteiger partial charge in [0.1, 0.15) is 0 Å². The molecule has 0 aliphatic heterocycles. The van der Waals surface area contributed by atoms with Gasteiger partial charge in [0.2, 0.25) is 0 Å². The van der Waals surface area contributed by atoms with Gasteiger partial charge in [-0.2, -0.15) is 0 Å². The molecule has 1 nitrogen and oxygen atoms in total. The molecule has 3 atom stereocenters. The van der Waals surface area contributed by atoms with Crippen molar-refractivity contribution in [2.24, 2.45) is 11.3 Å². The third-order valence-electron chi connectivity index (χ3n) is 4.76. The van der Waals surface area contributed by atoms with Crippen LogP contribution in [0.5, 0.6) is 0 Å². The van der Waals surface area contributed by atoms with Gasteiger partial charge in [0.05, 0.1) is 5.60 Å². The fraction of sp³-hybridized carbons (Fsp3) is 1.00. The molecule has 2 aliphatic carbocycles. The second-order valence-electron chi connectivity index (χ2n) is 5.68. The lowest BCUT2D eigenvalue weighted by molar-refractivity contribution is -0.0101. The summed E-state index contributed by atoms with van der Waals surface area (Å²) < 4.78 is 0. The summed E-state index contributed by atoms with van der Waals surface area (Å²) in [5.74, 6) is 0.874. The lowest BCUT2D eigenvalue weighted by atomic mass is 9.83. The Morgan fingerprint density at radius 1 is 1.29 bits per heavy atom. The van der Waals surface area contributed by atoms with Crippen LogP contribution in [-0.4, -0.2) is 10.7 Å². The molecule has 1 unspecified atom stereocenters. The molecule has 0 radical (unpaired) electrons. The molecule has 82 valence electrons. The van der Waals surface area contributed by atoms with E-state index in [1.165, 1.54) is 44.9 Å². The van der Waals surface area contributed by atoms with E-state index in [1.54, 1.807) is 0 Å². The highest BCUT2D eigenvalue weighted by Crippen LogP contribution is 2.70. The Morgan fingerprint density at radius 3 is 2.57 bits per heavy atom. The van der Waals surface area contributed by atoms with Crippen molar-refractivity contribution < 1.29 is 5.11 Å². The minimum absolute atomic E-state index is 0.329. The van der Waals surface area contributed by atoms with E-state index in [4.69, 9.17) is 0 Å². The maximum absolute atomic E-state index is 10.3. The van der Waals surface area contributed by atoms with Crippen molar-refractivity contribution in [3.8, 4) is 0 Å². The predicted octanol–water partition coefficient (Wildman–Crippen LogP) is 3.51. The molecule has 1 heteroatoms. The fourth-order valence-corrected chi connectivity index (χ4v) is 3.57. The third-order valence-corrected chi connectivity index (χ3v) is 4.76. The zero-order valence-corrected chi connectivity index (χ0v) is 9.68. The average molecular weight is 196 g/mol. The molecule has 2 aliphatic rings. The summed E-state index contributed by atoms with van der Waals surface area (Å²) in [4.78, 5) is 0. The SMILES string of the molecule is CCCCCC[C@@]12C[C@@H]1CCC2(C)O. The molecule has 0 saturated heterocycles. The van der Waals surface area contributed by atoms with Crippen molar-refractivity contribution in [2.75, 3.05) is 0 Å². The summed E-state index contributed by atoms with van der Waals surface area (Å²) >= 11 is 0. The quantitative estimate of drug-likeness (QED) is 0.667. The Bertz CT molecular complexity index is 209. The van der Waals surface area contributed by atoms with Crippen molar-refractivity contribution in [1.82, 2.24) is 0 Å². The highest BCUT2D eigenvalue weighted by Gasteiger charge is 2.67. The smallest absolute Gasteiger partial charge is 0.0678 e. The van der Waals surface area contributed by atoms with Crippen molar-refractivity contribution in [3.05, 3.63) is 0 Å². The van der Waals surface area contributed by atoms with Crippen LogP contribution in [0.1, 0.15) is 65.2 Å². The van der Waals surface area contributed by atoms with E-state index in [1.807, 2.05) is 0 Å². The van der Waals surface area contributed by atoms with Crippen LogP contribution in [0.25, 0.3) is 0 Å². The Labute approximate surface area is 87.9 Å². The molecule has 14 heavy (non-hydrogen) atoms. The first-order valence-electron chi connectivity index (χ1n) is 6.35. The van der Waals surface area contributed by atoms with Gasteiger partial charge in [-0.1, -0.05) is 32.6 Å². The Balaban J connectivity index is 1.80. The van der Waals surface area contributed by atoms with E-state index >= 15 is 0 Å². The lowest BCUT2D eigenvalue weighted by Crippen LogP contribution is -2.33. The molecule has 2 saturated carbocycles. The predicted molar refractivity (Wildman–Crippen MR) is 59.2 cm³/mol. The fourth-order valence-electron chi connectivity index (χ4n) is 3.57. The minimum atomic E-state index is -0.329. The van der Waals surface area contributed by atoms with Gasteiger partial charge in [0.15, 0.2) is 0 Å². The Kier molecular flexibility index (Phi) is 2.63. The highest BCUT2D eigenvalue weighted by atomic mass is 16.3. The molecule has 0 aromatic heterocycles. The van der Waals surface area contributed by atoms with Crippen LogP contribution in [0.15, 0.2) is 0 Å². The van der Waals surface area contributed by atoms with Crippen LogP contribution < -0.4 is 0 Å². The Hall–Kier alpha value is -0.0400. The van der Waals surface area contributed by atoms with E-state index in [0.717, 1.165) is 12.3 Å². The van der Waals surface area contributed by atoms with Crippen molar-refractivity contribution in [3.63, 3.8) is 0 Å². The molecule has 2 rings (SSSR count). The van der Waals surface area contributed by atoms with Crippen LogP contribution in [0.3, 0.4) is 0 Å². The van der Waals surface area contributed by atoms with E-state index in [9.17, 15) is 5.11 Å². The van der Waals surface area contributed by atoms with Gasteiger partial charge in [0.25, 0.3) is 0 Å².